The average Bonchev–Trinajstić information content (AvgIpc) is 2.33. The molecule has 0 bridgehead atoms. The number of hydrogen-bond acceptors (Lipinski definition) is 5. The molecule has 19 heavy (non-hydrogen) atoms. The first-order valence-corrected chi connectivity index (χ1v) is 9.24. The molecule has 103 valence electrons. The fraction of sp³-hybridized carbons (Fsp3) is 0.385. The van der Waals surface area contributed by atoms with Crippen molar-refractivity contribution in [2.45, 2.75) is 25.9 Å². The molecule has 0 amide bonds. The van der Waals surface area contributed by atoms with E-state index >= 15 is 0 Å². The predicted molar refractivity (Wildman–Crippen MR) is 71.4 cm³/mol. The molecule has 1 aromatic carbocycles. The number of benzene rings is 1. The lowest BCUT2D eigenvalue weighted by molar-refractivity contribution is -0.153. The zero-order valence-electron chi connectivity index (χ0n) is 11.2. The third-order valence-electron chi connectivity index (χ3n) is 2.00. The van der Waals surface area contributed by atoms with Crippen LogP contribution < -0.4 is 0 Å². The second-order valence-corrected chi connectivity index (χ2v) is 9.27. The summed E-state index contributed by atoms with van der Waals surface area (Å²) in [5.74, 6) is -0.463. The number of hydrogen-bond donors (Lipinski definition) is 0. The van der Waals surface area contributed by atoms with Gasteiger partial charge in [-0.1, -0.05) is 30.3 Å². The van der Waals surface area contributed by atoms with Crippen molar-refractivity contribution in [3.63, 3.8) is 0 Å². The minimum Gasteiger partial charge on any atom is -0.518 e. The van der Waals surface area contributed by atoms with Gasteiger partial charge in [0.25, 0.3) is 0 Å². The van der Waals surface area contributed by atoms with E-state index in [-0.39, 0.29) is 6.61 Å². The Morgan fingerprint density at radius 2 is 1.89 bits per heavy atom. The van der Waals surface area contributed by atoms with E-state index in [1.165, 1.54) is 6.47 Å². The van der Waals surface area contributed by atoms with E-state index in [0.717, 1.165) is 0 Å². The molecule has 1 rings (SSSR count). The Morgan fingerprint density at radius 3 is 2.42 bits per heavy atom. The highest BCUT2D eigenvalue weighted by molar-refractivity contribution is 6.71. The molecule has 5 nitrogen and oxygen atoms in total. The number of carbonyl (C=O) groups excluding carboxylic acids is 2. The van der Waals surface area contributed by atoms with E-state index in [1.54, 1.807) is 24.3 Å². The van der Waals surface area contributed by atoms with E-state index in [4.69, 9.17) is 9.16 Å². The molecule has 0 N–H and O–H groups in total. The summed E-state index contributed by atoms with van der Waals surface area (Å²) in [5.41, 5.74) is 0.631. The normalized spacial score (nSPS) is 12.6. The van der Waals surface area contributed by atoms with Crippen LogP contribution in [0.15, 0.2) is 30.3 Å². The van der Waals surface area contributed by atoms with Crippen LogP contribution in [0.25, 0.3) is 0 Å². The smallest absolute Gasteiger partial charge is 0.420 e. The van der Waals surface area contributed by atoms with Gasteiger partial charge >= 0.3 is 12.4 Å². The van der Waals surface area contributed by atoms with Gasteiger partial charge < -0.3 is 13.9 Å². The highest BCUT2D eigenvalue weighted by Crippen LogP contribution is 2.17. The molecule has 1 unspecified atom stereocenters. The van der Waals surface area contributed by atoms with Crippen LogP contribution in [-0.2, 0) is 23.5 Å². The summed E-state index contributed by atoms with van der Waals surface area (Å²) in [6, 6.07) is 8.84. The van der Waals surface area contributed by atoms with Crippen LogP contribution in [0, 0.1) is 0 Å². The molecule has 0 saturated heterocycles. The molecular formula is C13H17O5Si. The van der Waals surface area contributed by atoms with Crippen molar-refractivity contribution in [3.05, 3.63) is 35.9 Å². The molecule has 0 fully saturated rings. The van der Waals surface area contributed by atoms with Gasteiger partial charge in [0.2, 0.25) is 14.6 Å². The van der Waals surface area contributed by atoms with Gasteiger partial charge in [0.05, 0.1) is 0 Å². The van der Waals surface area contributed by atoms with Crippen LogP contribution >= 0.6 is 0 Å². The molecule has 0 saturated carbocycles. The zero-order chi connectivity index (χ0) is 14.3. The van der Waals surface area contributed by atoms with E-state index in [1.807, 2.05) is 25.7 Å². The highest BCUT2D eigenvalue weighted by Gasteiger charge is 2.22. The summed E-state index contributed by atoms with van der Waals surface area (Å²) in [7, 11) is -1.94. The second kappa shape index (κ2) is 7.06. The minimum atomic E-state index is -1.94. The largest absolute Gasteiger partial charge is 0.518 e. The van der Waals surface area contributed by atoms with E-state index < -0.39 is 20.6 Å². The number of carbonyl (C=O) groups is 1. The van der Waals surface area contributed by atoms with Crippen LogP contribution in [0.2, 0.25) is 19.6 Å². The van der Waals surface area contributed by atoms with Crippen molar-refractivity contribution in [2.24, 2.45) is 0 Å². The van der Waals surface area contributed by atoms with Gasteiger partial charge in [-0.05, 0) is 19.6 Å². The van der Waals surface area contributed by atoms with E-state index in [0.29, 0.717) is 5.56 Å². The van der Waals surface area contributed by atoms with Gasteiger partial charge in [0.1, 0.15) is 6.61 Å². The first-order valence-electron chi connectivity index (χ1n) is 5.83. The van der Waals surface area contributed by atoms with Crippen molar-refractivity contribution in [1.82, 2.24) is 0 Å². The van der Waals surface area contributed by atoms with Crippen LogP contribution in [0.5, 0.6) is 0 Å². The molecule has 6 heteroatoms. The van der Waals surface area contributed by atoms with Crippen LogP contribution in [0.4, 0.5) is 0 Å². The van der Waals surface area contributed by atoms with Crippen molar-refractivity contribution in [1.29, 1.82) is 0 Å². The zero-order valence-corrected chi connectivity index (χ0v) is 12.2. The topological polar surface area (TPSA) is 61.8 Å². The Labute approximate surface area is 113 Å². The summed E-state index contributed by atoms with van der Waals surface area (Å²) in [5, 5.41) is 0. The minimum absolute atomic E-state index is 0.272. The van der Waals surface area contributed by atoms with Gasteiger partial charge in [-0.2, -0.15) is 0 Å². The SMILES string of the molecule is C[Si](C)(C)OC(=O)COC(O[C]=O)c1ccccc1. The Morgan fingerprint density at radius 1 is 1.26 bits per heavy atom. The maximum absolute atomic E-state index is 11.5. The quantitative estimate of drug-likeness (QED) is 0.566. The fourth-order valence-corrected chi connectivity index (χ4v) is 2.11. The Bertz CT molecular complexity index is 413. The Hall–Kier alpha value is -1.66. The van der Waals surface area contributed by atoms with Crippen LogP contribution in [0.3, 0.4) is 0 Å². The molecule has 1 radical (unpaired) electrons. The molecule has 0 aromatic heterocycles. The van der Waals surface area contributed by atoms with E-state index in [2.05, 4.69) is 4.74 Å². The fourth-order valence-electron chi connectivity index (χ4n) is 1.37. The summed E-state index contributed by atoms with van der Waals surface area (Å²) >= 11 is 0. The number of ether oxygens (including phenoxy) is 2. The van der Waals surface area contributed by atoms with Gasteiger partial charge in [0, 0.05) is 5.56 Å². The van der Waals surface area contributed by atoms with Crippen LogP contribution in [0.1, 0.15) is 11.9 Å². The van der Waals surface area contributed by atoms with Crippen molar-refractivity contribution >= 4 is 20.8 Å². The Kier molecular flexibility index (Phi) is 5.72. The molecule has 0 spiro atoms. The first-order chi connectivity index (χ1) is 8.92. The monoisotopic (exact) mass is 281 g/mol. The lowest BCUT2D eigenvalue weighted by atomic mass is 10.2. The maximum atomic E-state index is 11.5. The first kappa shape index (κ1) is 15.4. The van der Waals surface area contributed by atoms with Gasteiger partial charge in [-0.25, -0.2) is 4.79 Å². The van der Waals surface area contributed by atoms with Gasteiger partial charge in [-0.15, -0.1) is 0 Å². The molecule has 0 heterocycles. The lowest BCUT2D eigenvalue weighted by Crippen LogP contribution is -2.31. The van der Waals surface area contributed by atoms with Crippen molar-refractivity contribution < 1.29 is 23.5 Å². The molecule has 1 atom stereocenters. The highest BCUT2D eigenvalue weighted by atomic mass is 28.4. The van der Waals surface area contributed by atoms with Crippen molar-refractivity contribution in [2.75, 3.05) is 6.61 Å². The van der Waals surface area contributed by atoms with Gasteiger partial charge in [0.15, 0.2) is 0 Å². The maximum Gasteiger partial charge on any atom is 0.420 e. The second-order valence-electron chi connectivity index (χ2n) is 4.84. The van der Waals surface area contributed by atoms with Crippen molar-refractivity contribution in [3.8, 4) is 0 Å². The molecule has 0 aliphatic heterocycles. The number of rotatable bonds is 7. The Balaban J connectivity index is 2.56. The average molecular weight is 281 g/mol. The van der Waals surface area contributed by atoms with Crippen LogP contribution in [-0.4, -0.2) is 27.4 Å². The molecule has 0 aliphatic carbocycles. The third kappa shape index (κ3) is 6.17. The molecule has 0 aliphatic rings. The van der Waals surface area contributed by atoms with E-state index in [9.17, 15) is 9.59 Å². The lowest BCUT2D eigenvalue weighted by Gasteiger charge is -2.19. The third-order valence-corrected chi connectivity index (χ3v) is 2.84. The predicted octanol–water partition coefficient (Wildman–Crippen LogP) is 2.16. The molecular weight excluding hydrogens is 264 g/mol. The standard InChI is InChI=1S/C13H17O5Si/c1-19(2,3)18-12(15)9-16-13(17-10-14)11-7-5-4-6-8-11/h4-8,13H,9H2,1-3H3. The molecule has 1 aromatic rings. The summed E-state index contributed by atoms with van der Waals surface area (Å²) < 4.78 is 15.1. The summed E-state index contributed by atoms with van der Waals surface area (Å²) in [4.78, 5) is 21.9. The van der Waals surface area contributed by atoms with Gasteiger partial charge in [-0.3, -0.25) is 4.79 Å². The summed E-state index contributed by atoms with van der Waals surface area (Å²) in [6.45, 7) is 6.74. The summed E-state index contributed by atoms with van der Waals surface area (Å²) in [6.07, 6.45) is -0.951.